The van der Waals surface area contributed by atoms with Gasteiger partial charge >= 0.3 is 0 Å². The van der Waals surface area contributed by atoms with E-state index < -0.39 is 0 Å². The fraction of sp³-hybridized carbons (Fsp3) is 1.00. The number of nitrogens with one attached hydrogen (secondary N) is 2. The van der Waals surface area contributed by atoms with E-state index in [4.69, 9.17) is 0 Å². The van der Waals surface area contributed by atoms with Gasteiger partial charge < -0.3 is 10.6 Å². The Labute approximate surface area is 56.0 Å². The molecule has 0 aromatic rings. The van der Waals surface area contributed by atoms with Crippen molar-refractivity contribution in [2.75, 3.05) is 13.1 Å². The highest BCUT2D eigenvalue weighted by atomic mass is 15.2. The third-order valence-electron chi connectivity index (χ3n) is 2.77. The SMILES string of the molecule is CCC12CNC(CN1)C2. The van der Waals surface area contributed by atoms with Crippen molar-refractivity contribution in [3.8, 4) is 0 Å². The molecule has 2 heterocycles. The normalized spacial score (nSPS) is 48.3. The molecule has 2 fully saturated rings. The van der Waals surface area contributed by atoms with Crippen LogP contribution in [0.5, 0.6) is 0 Å². The maximum Gasteiger partial charge on any atom is 0.0319 e. The fourth-order valence-electron chi connectivity index (χ4n) is 1.97. The van der Waals surface area contributed by atoms with Gasteiger partial charge in [0.15, 0.2) is 0 Å². The monoisotopic (exact) mass is 126 g/mol. The fourth-order valence-corrected chi connectivity index (χ4v) is 1.97. The Bertz CT molecular complexity index is 114. The Balaban J connectivity index is 2.13. The highest BCUT2D eigenvalue weighted by molar-refractivity contribution is 5.06. The predicted molar refractivity (Wildman–Crippen MR) is 37.4 cm³/mol. The lowest BCUT2D eigenvalue weighted by molar-refractivity contribution is 0.368. The number of piperazine rings is 1. The molecule has 0 saturated carbocycles. The molecule has 0 aromatic carbocycles. The summed E-state index contributed by atoms with van der Waals surface area (Å²) in [4.78, 5) is 0. The average Bonchev–Trinajstić information content (AvgIpc) is 2.46. The van der Waals surface area contributed by atoms with Crippen molar-refractivity contribution in [1.82, 2.24) is 10.6 Å². The van der Waals surface area contributed by atoms with E-state index in [-0.39, 0.29) is 0 Å². The summed E-state index contributed by atoms with van der Waals surface area (Å²) >= 11 is 0. The van der Waals surface area contributed by atoms with E-state index in [1.807, 2.05) is 0 Å². The third kappa shape index (κ3) is 0.700. The minimum absolute atomic E-state index is 0.491. The second-order valence-electron chi connectivity index (χ2n) is 3.30. The zero-order chi connectivity index (χ0) is 6.32. The first-order chi connectivity index (χ1) is 4.35. The van der Waals surface area contributed by atoms with Gasteiger partial charge in [-0.05, 0) is 12.8 Å². The smallest absolute Gasteiger partial charge is 0.0319 e. The van der Waals surface area contributed by atoms with Crippen LogP contribution in [0.3, 0.4) is 0 Å². The number of hydrogen-bond acceptors (Lipinski definition) is 2. The minimum atomic E-state index is 0.491. The predicted octanol–water partition coefficient (Wildman–Crippen LogP) is 0.100. The maximum atomic E-state index is 3.56. The number of rotatable bonds is 1. The molecule has 0 aliphatic carbocycles. The van der Waals surface area contributed by atoms with Crippen LogP contribution in [0, 0.1) is 0 Å². The van der Waals surface area contributed by atoms with Crippen molar-refractivity contribution < 1.29 is 0 Å². The molecule has 2 saturated heterocycles. The molecule has 0 radical (unpaired) electrons. The number of hydrogen-bond donors (Lipinski definition) is 2. The Morgan fingerprint density at radius 1 is 1.67 bits per heavy atom. The van der Waals surface area contributed by atoms with Gasteiger partial charge in [-0.25, -0.2) is 0 Å². The molecule has 0 aromatic heterocycles. The molecule has 2 unspecified atom stereocenters. The van der Waals surface area contributed by atoms with E-state index in [0.717, 1.165) is 6.04 Å². The molecule has 0 spiro atoms. The van der Waals surface area contributed by atoms with E-state index in [0.29, 0.717) is 5.54 Å². The molecule has 2 N–H and O–H groups in total. The molecule has 2 rings (SSSR count). The first kappa shape index (κ1) is 5.69. The second kappa shape index (κ2) is 1.70. The summed E-state index contributed by atoms with van der Waals surface area (Å²) in [6, 6.07) is 0.782. The van der Waals surface area contributed by atoms with Gasteiger partial charge in [-0.2, -0.15) is 0 Å². The first-order valence-corrected chi connectivity index (χ1v) is 3.83. The highest BCUT2D eigenvalue weighted by Gasteiger charge is 2.42. The Morgan fingerprint density at radius 3 is 2.78 bits per heavy atom. The van der Waals surface area contributed by atoms with Gasteiger partial charge in [-0.1, -0.05) is 6.92 Å². The van der Waals surface area contributed by atoms with Gasteiger partial charge in [-0.15, -0.1) is 0 Å². The molecule has 2 nitrogen and oxygen atoms in total. The summed E-state index contributed by atoms with van der Waals surface area (Å²) in [5.41, 5.74) is 0.491. The molecule has 9 heavy (non-hydrogen) atoms. The first-order valence-electron chi connectivity index (χ1n) is 3.83. The number of fused-ring (bicyclic) bond motifs is 2. The molecule has 2 atom stereocenters. The van der Waals surface area contributed by atoms with Crippen LogP contribution in [-0.4, -0.2) is 24.7 Å². The standard InChI is InChI=1S/C7H14N2/c1-2-7-3-6(4-9-7)8-5-7/h6,8-9H,2-5H2,1H3. The van der Waals surface area contributed by atoms with Crippen molar-refractivity contribution >= 4 is 0 Å². The van der Waals surface area contributed by atoms with Crippen LogP contribution in [0.25, 0.3) is 0 Å². The lowest BCUT2D eigenvalue weighted by atomic mass is 9.97. The van der Waals surface area contributed by atoms with Crippen LogP contribution in [0.4, 0.5) is 0 Å². The van der Waals surface area contributed by atoms with E-state index in [1.54, 1.807) is 0 Å². The lowest BCUT2D eigenvalue weighted by Gasteiger charge is -2.25. The van der Waals surface area contributed by atoms with Gasteiger partial charge in [0.05, 0.1) is 0 Å². The third-order valence-corrected chi connectivity index (χ3v) is 2.77. The molecule has 2 aliphatic heterocycles. The summed E-state index contributed by atoms with van der Waals surface area (Å²) in [6.07, 6.45) is 2.62. The van der Waals surface area contributed by atoms with Gasteiger partial charge in [0.25, 0.3) is 0 Å². The molecule has 2 bridgehead atoms. The molecule has 52 valence electrons. The molecule has 0 amide bonds. The quantitative estimate of drug-likeness (QED) is 0.520. The summed E-state index contributed by atoms with van der Waals surface area (Å²) < 4.78 is 0. The summed E-state index contributed by atoms with van der Waals surface area (Å²) in [6.45, 7) is 4.64. The minimum Gasteiger partial charge on any atom is -0.311 e. The van der Waals surface area contributed by atoms with Crippen LogP contribution in [0.1, 0.15) is 19.8 Å². The Hall–Kier alpha value is -0.0800. The van der Waals surface area contributed by atoms with Crippen molar-refractivity contribution in [2.45, 2.75) is 31.3 Å². The summed E-state index contributed by atoms with van der Waals surface area (Å²) in [5.74, 6) is 0. The van der Waals surface area contributed by atoms with Crippen LogP contribution in [0.2, 0.25) is 0 Å². The van der Waals surface area contributed by atoms with Gasteiger partial charge in [0, 0.05) is 24.7 Å². The summed E-state index contributed by atoms with van der Waals surface area (Å²) in [7, 11) is 0. The Morgan fingerprint density at radius 2 is 2.56 bits per heavy atom. The van der Waals surface area contributed by atoms with Gasteiger partial charge in [0.1, 0.15) is 0 Å². The molecular formula is C7H14N2. The van der Waals surface area contributed by atoms with E-state index in [1.165, 1.54) is 25.9 Å². The second-order valence-corrected chi connectivity index (χ2v) is 3.30. The van der Waals surface area contributed by atoms with E-state index in [9.17, 15) is 0 Å². The van der Waals surface area contributed by atoms with Gasteiger partial charge in [-0.3, -0.25) is 0 Å². The molecular weight excluding hydrogens is 112 g/mol. The zero-order valence-electron chi connectivity index (χ0n) is 5.91. The largest absolute Gasteiger partial charge is 0.311 e. The molecule has 2 heteroatoms. The van der Waals surface area contributed by atoms with Crippen molar-refractivity contribution in [3.05, 3.63) is 0 Å². The maximum absolute atomic E-state index is 3.56. The zero-order valence-corrected chi connectivity index (χ0v) is 5.91. The van der Waals surface area contributed by atoms with E-state index in [2.05, 4.69) is 17.6 Å². The highest BCUT2D eigenvalue weighted by Crippen LogP contribution is 2.27. The topological polar surface area (TPSA) is 24.1 Å². The molecule has 2 aliphatic rings. The van der Waals surface area contributed by atoms with Crippen LogP contribution in [0.15, 0.2) is 0 Å². The van der Waals surface area contributed by atoms with Crippen LogP contribution < -0.4 is 10.6 Å². The average molecular weight is 126 g/mol. The van der Waals surface area contributed by atoms with Gasteiger partial charge in [0.2, 0.25) is 0 Å². The van der Waals surface area contributed by atoms with E-state index >= 15 is 0 Å². The van der Waals surface area contributed by atoms with Crippen molar-refractivity contribution in [2.24, 2.45) is 0 Å². The Kier molecular flexibility index (Phi) is 1.08. The van der Waals surface area contributed by atoms with Crippen molar-refractivity contribution in [1.29, 1.82) is 0 Å². The van der Waals surface area contributed by atoms with Crippen LogP contribution >= 0.6 is 0 Å². The lowest BCUT2D eigenvalue weighted by Crippen LogP contribution is -2.49. The van der Waals surface area contributed by atoms with Crippen LogP contribution in [-0.2, 0) is 0 Å². The summed E-state index contributed by atoms with van der Waals surface area (Å²) in [5, 5.41) is 7.04. The van der Waals surface area contributed by atoms with Crippen molar-refractivity contribution in [3.63, 3.8) is 0 Å².